The maximum Gasteiger partial charge on any atom is 0.416 e. The van der Waals surface area contributed by atoms with Gasteiger partial charge in [-0.2, -0.15) is 18.4 Å². The highest BCUT2D eigenvalue weighted by Crippen LogP contribution is 2.34. The molecule has 7 heteroatoms. The number of halogens is 4. The number of hydrogen-bond acceptors (Lipinski definition) is 3. The van der Waals surface area contributed by atoms with Crippen molar-refractivity contribution in [3.8, 4) is 6.07 Å². The topological polar surface area (TPSA) is 48.7 Å². The van der Waals surface area contributed by atoms with Crippen LogP contribution in [0.4, 0.5) is 24.5 Å². The molecular weight excluding hydrogens is 291 g/mol. The van der Waals surface area contributed by atoms with Gasteiger partial charge in [0.05, 0.1) is 16.3 Å². The number of anilines is 2. The molecule has 2 aromatic rings. The summed E-state index contributed by atoms with van der Waals surface area (Å²) < 4.78 is 37.9. The normalized spacial score (nSPS) is 10.9. The maximum absolute atomic E-state index is 12.6. The van der Waals surface area contributed by atoms with Gasteiger partial charge in [-0.05, 0) is 30.3 Å². The Morgan fingerprint density at radius 2 is 1.95 bits per heavy atom. The zero-order valence-electron chi connectivity index (χ0n) is 9.87. The molecule has 0 saturated carbocycles. The summed E-state index contributed by atoms with van der Waals surface area (Å²) in [6.45, 7) is 0. The minimum atomic E-state index is -4.45. The van der Waals surface area contributed by atoms with E-state index < -0.39 is 11.7 Å². The zero-order chi connectivity index (χ0) is 14.8. The van der Waals surface area contributed by atoms with Crippen LogP contribution in [0.1, 0.15) is 11.3 Å². The summed E-state index contributed by atoms with van der Waals surface area (Å²) in [6, 6.07) is 7.76. The lowest BCUT2D eigenvalue weighted by molar-refractivity contribution is -0.137. The fraction of sp³-hybridized carbons (Fsp3) is 0.0769. The van der Waals surface area contributed by atoms with Crippen LogP contribution in [0, 0.1) is 11.3 Å². The second-order valence-corrected chi connectivity index (χ2v) is 4.27. The summed E-state index contributed by atoms with van der Waals surface area (Å²) in [6.07, 6.45) is -3.07. The van der Waals surface area contributed by atoms with Gasteiger partial charge in [-0.25, -0.2) is 4.98 Å². The molecule has 0 aliphatic heterocycles. The number of benzene rings is 1. The molecule has 0 atom stereocenters. The van der Waals surface area contributed by atoms with Gasteiger partial charge in [0.15, 0.2) is 0 Å². The van der Waals surface area contributed by atoms with E-state index in [9.17, 15) is 13.2 Å². The highest BCUT2D eigenvalue weighted by atomic mass is 35.5. The van der Waals surface area contributed by atoms with Crippen LogP contribution < -0.4 is 5.32 Å². The van der Waals surface area contributed by atoms with Crippen LogP contribution in [0.2, 0.25) is 5.02 Å². The number of aromatic nitrogens is 1. The van der Waals surface area contributed by atoms with Gasteiger partial charge >= 0.3 is 6.18 Å². The summed E-state index contributed by atoms with van der Waals surface area (Å²) in [4.78, 5) is 3.76. The molecule has 0 amide bonds. The fourth-order valence-corrected chi connectivity index (χ4v) is 1.69. The Bertz CT molecular complexity index is 677. The van der Waals surface area contributed by atoms with Gasteiger partial charge < -0.3 is 5.32 Å². The lowest BCUT2D eigenvalue weighted by Gasteiger charge is -2.12. The van der Waals surface area contributed by atoms with E-state index in [1.54, 1.807) is 0 Å². The summed E-state index contributed by atoms with van der Waals surface area (Å²) in [5.74, 6) is 0. The van der Waals surface area contributed by atoms with Gasteiger partial charge in [-0.15, -0.1) is 0 Å². The molecule has 0 unspecified atom stereocenters. The first-order valence-corrected chi connectivity index (χ1v) is 5.78. The van der Waals surface area contributed by atoms with Crippen LogP contribution >= 0.6 is 11.6 Å². The van der Waals surface area contributed by atoms with Crippen molar-refractivity contribution in [3.05, 3.63) is 52.8 Å². The van der Waals surface area contributed by atoms with Crippen LogP contribution in [0.25, 0.3) is 0 Å². The molecule has 0 radical (unpaired) electrons. The third-order valence-electron chi connectivity index (χ3n) is 2.45. The molecule has 0 spiro atoms. The average molecular weight is 298 g/mol. The van der Waals surface area contributed by atoms with Crippen LogP contribution in [0.15, 0.2) is 36.5 Å². The second-order valence-electron chi connectivity index (χ2n) is 3.86. The number of alkyl halides is 3. The number of nitrogens with one attached hydrogen (secondary N) is 1. The molecule has 1 aromatic heterocycles. The summed E-state index contributed by atoms with van der Waals surface area (Å²) in [5, 5.41) is 11.6. The Balaban J connectivity index is 2.35. The summed E-state index contributed by atoms with van der Waals surface area (Å²) >= 11 is 5.86. The van der Waals surface area contributed by atoms with Crippen molar-refractivity contribution in [2.24, 2.45) is 0 Å². The molecule has 1 N–H and O–H groups in total. The van der Waals surface area contributed by atoms with Gasteiger partial charge in [0.2, 0.25) is 0 Å². The molecular formula is C13H7ClF3N3. The highest BCUT2D eigenvalue weighted by molar-refractivity contribution is 6.33. The molecule has 20 heavy (non-hydrogen) atoms. The van der Waals surface area contributed by atoms with E-state index in [4.69, 9.17) is 16.9 Å². The maximum atomic E-state index is 12.6. The summed E-state index contributed by atoms with van der Waals surface area (Å²) in [5.41, 5.74) is -0.119. The first kappa shape index (κ1) is 14.2. The summed E-state index contributed by atoms with van der Waals surface area (Å²) in [7, 11) is 0. The quantitative estimate of drug-likeness (QED) is 0.895. The van der Waals surface area contributed by atoms with Gasteiger partial charge in [0.25, 0.3) is 0 Å². The van der Waals surface area contributed by atoms with Crippen molar-refractivity contribution < 1.29 is 13.2 Å². The van der Waals surface area contributed by atoms with Gasteiger partial charge in [0.1, 0.15) is 11.8 Å². The van der Waals surface area contributed by atoms with Crippen molar-refractivity contribution in [1.29, 1.82) is 5.26 Å². The Morgan fingerprint density at radius 1 is 1.20 bits per heavy atom. The molecule has 0 aliphatic carbocycles. The molecule has 0 saturated heterocycles. The van der Waals surface area contributed by atoms with Crippen molar-refractivity contribution in [3.63, 3.8) is 0 Å². The fourth-order valence-electron chi connectivity index (χ4n) is 1.52. The lowest BCUT2D eigenvalue weighted by Crippen LogP contribution is -2.05. The Labute approximate surface area is 117 Å². The highest BCUT2D eigenvalue weighted by Gasteiger charge is 2.30. The number of hydrogen-bond donors (Lipinski definition) is 1. The van der Waals surface area contributed by atoms with E-state index in [1.165, 1.54) is 24.4 Å². The molecule has 3 nitrogen and oxygen atoms in total. The van der Waals surface area contributed by atoms with Gasteiger partial charge in [0, 0.05) is 11.9 Å². The molecule has 1 aromatic carbocycles. The Hall–Kier alpha value is -2.26. The predicted molar refractivity (Wildman–Crippen MR) is 68.7 cm³/mol. The third-order valence-corrected chi connectivity index (χ3v) is 2.78. The van der Waals surface area contributed by atoms with E-state index in [1.807, 2.05) is 6.07 Å². The minimum absolute atomic E-state index is 0.108. The van der Waals surface area contributed by atoms with E-state index >= 15 is 0 Å². The van der Waals surface area contributed by atoms with E-state index in [0.29, 0.717) is 5.69 Å². The molecule has 2 rings (SSSR count). The van der Waals surface area contributed by atoms with Crippen LogP contribution in [-0.4, -0.2) is 4.98 Å². The van der Waals surface area contributed by atoms with Gasteiger partial charge in [-0.1, -0.05) is 11.6 Å². The third kappa shape index (κ3) is 3.19. The zero-order valence-corrected chi connectivity index (χ0v) is 10.6. The Morgan fingerprint density at radius 3 is 2.60 bits per heavy atom. The van der Waals surface area contributed by atoms with Crippen LogP contribution in [-0.2, 0) is 6.18 Å². The van der Waals surface area contributed by atoms with Crippen LogP contribution in [0.5, 0.6) is 0 Å². The molecule has 0 fully saturated rings. The standard InChI is InChI=1S/C13H7ClF3N3/c14-11-2-1-8(13(15,16)17)5-12(11)20-9-3-4-19-10(6-9)7-18/h1-6H,(H,19,20). The lowest BCUT2D eigenvalue weighted by atomic mass is 10.2. The minimum Gasteiger partial charge on any atom is -0.354 e. The second kappa shape index (κ2) is 5.39. The number of rotatable bonds is 2. The SMILES string of the molecule is N#Cc1cc(Nc2cc(C(F)(F)F)ccc2Cl)ccn1. The first-order valence-electron chi connectivity index (χ1n) is 5.40. The van der Waals surface area contributed by atoms with E-state index in [0.717, 1.165) is 12.1 Å². The molecule has 0 aliphatic rings. The molecule has 0 bridgehead atoms. The number of pyridine rings is 1. The van der Waals surface area contributed by atoms with E-state index in [2.05, 4.69) is 10.3 Å². The van der Waals surface area contributed by atoms with Gasteiger partial charge in [-0.3, -0.25) is 0 Å². The van der Waals surface area contributed by atoms with Crippen molar-refractivity contribution >= 4 is 23.0 Å². The first-order chi connectivity index (χ1) is 9.40. The molecule has 102 valence electrons. The van der Waals surface area contributed by atoms with Crippen molar-refractivity contribution in [2.75, 3.05) is 5.32 Å². The average Bonchev–Trinajstić information content (AvgIpc) is 2.40. The monoisotopic (exact) mass is 297 g/mol. The van der Waals surface area contributed by atoms with E-state index in [-0.39, 0.29) is 16.4 Å². The van der Waals surface area contributed by atoms with Crippen LogP contribution in [0.3, 0.4) is 0 Å². The van der Waals surface area contributed by atoms with Crippen molar-refractivity contribution in [1.82, 2.24) is 4.98 Å². The predicted octanol–water partition coefficient (Wildman–Crippen LogP) is 4.37. The number of nitriles is 1. The largest absolute Gasteiger partial charge is 0.416 e. The smallest absolute Gasteiger partial charge is 0.354 e. The molecule has 1 heterocycles. The van der Waals surface area contributed by atoms with Crippen molar-refractivity contribution in [2.45, 2.75) is 6.18 Å². The number of nitrogens with zero attached hydrogens (tertiary/aromatic N) is 2. The Kier molecular flexibility index (Phi) is 3.81.